The Kier molecular flexibility index (Phi) is 5.07. The van der Waals surface area contributed by atoms with Crippen LogP contribution in [0.3, 0.4) is 0 Å². The van der Waals surface area contributed by atoms with E-state index in [4.69, 9.17) is 4.74 Å². The third kappa shape index (κ3) is 6.91. The maximum absolute atomic E-state index is 5.72. The third-order valence-electron chi connectivity index (χ3n) is 2.78. The summed E-state index contributed by atoms with van der Waals surface area (Å²) < 4.78 is 5.72. The monoisotopic (exact) mass is 213 g/mol. The van der Waals surface area contributed by atoms with Crippen molar-refractivity contribution in [1.82, 2.24) is 5.32 Å². The van der Waals surface area contributed by atoms with E-state index in [2.05, 4.69) is 33.0 Å². The summed E-state index contributed by atoms with van der Waals surface area (Å²) in [5.74, 6) is 0.748. The summed E-state index contributed by atoms with van der Waals surface area (Å²) in [6.45, 7) is 11.9. The summed E-state index contributed by atoms with van der Waals surface area (Å²) >= 11 is 0. The Morgan fingerprint density at radius 1 is 1.33 bits per heavy atom. The lowest BCUT2D eigenvalue weighted by Gasteiger charge is -2.25. The van der Waals surface area contributed by atoms with Crippen LogP contribution in [0.1, 0.15) is 47.0 Å². The van der Waals surface area contributed by atoms with Crippen molar-refractivity contribution in [3.8, 4) is 0 Å². The first kappa shape index (κ1) is 13.0. The number of ether oxygens (including phenoxy) is 1. The van der Waals surface area contributed by atoms with Crippen LogP contribution in [-0.2, 0) is 4.74 Å². The Balaban J connectivity index is 2.00. The van der Waals surface area contributed by atoms with Crippen LogP contribution in [0.2, 0.25) is 0 Å². The van der Waals surface area contributed by atoms with Gasteiger partial charge in [-0.05, 0) is 25.2 Å². The standard InChI is InChI=1S/C13H27NO/c1-11(2)7-8-15-10-13(3,4)9-14-12-5-6-12/h11-12,14H,5-10H2,1-4H3. The highest BCUT2D eigenvalue weighted by Gasteiger charge is 2.25. The second kappa shape index (κ2) is 5.86. The van der Waals surface area contributed by atoms with E-state index in [9.17, 15) is 0 Å². The van der Waals surface area contributed by atoms with Gasteiger partial charge >= 0.3 is 0 Å². The van der Waals surface area contributed by atoms with Gasteiger partial charge in [-0.3, -0.25) is 0 Å². The molecule has 15 heavy (non-hydrogen) atoms. The van der Waals surface area contributed by atoms with Crippen molar-refractivity contribution < 1.29 is 4.74 Å². The van der Waals surface area contributed by atoms with Gasteiger partial charge in [0.1, 0.15) is 0 Å². The van der Waals surface area contributed by atoms with Crippen LogP contribution in [-0.4, -0.2) is 25.8 Å². The maximum Gasteiger partial charge on any atom is 0.0529 e. The molecule has 1 N–H and O–H groups in total. The van der Waals surface area contributed by atoms with Crippen LogP contribution in [0, 0.1) is 11.3 Å². The number of nitrogens with one attached hydrogen (secondary N) is 1. The van der Waals surface area contributed by atoms with E-state index in [0.717, 1.165) is 31.7 Å². The van der Waals surface area contributed by atoms with Gasteiger partial charge < -0.3 is 10.1 Å². The summed E-state index contributed by atoms with van der Waals surface area (Å²) in [6, 6.07) is 0.805. The van der Waals surface area contributed by atoms with E-state index < -0.39 is 0 Å². The molecule has 1 aliphatic carbocycles. The highest BCUT2D eigenvalue weighted by molar-refractivity contribution is 4.83. The molecule has 0 aliphatic heterocycles. The highest BCUT2D eigenvalue weighted by Crippen LogP contribution is 2.22. The van der Waals surface area contributed by atoms with Crippen molar-refractivity contribution in [2.75, 3.05) is 19.8 Å². The summed E-state index contributed by atoms with van der Waals surface area (Å²) in [4.78, 5) is 0. The second-order valence-electron chi connectivity index (χ2n) is 6.05. The van der Waals surface area contributed by atoms with Crippen molar-refractivity contribution in [3.63, 3.8) is 0 Å². The van der Waals surface area contributed by atoms with Gasteiger partial charge in [0, 0.05) is 24.6 Å². The molecular weight excluding hydrogens is 186 g/mol. The lowest BCUT2D eigenvalue weighted by atomic mass is 9.95. The van der Waals surface area contributed by atoms with Gasteiger partial charge in [-0.15, -0.1) is 0 Å². The largest absolute Gasteiger partial charge is 0.381 e. The van der Waals surface area contributed by atoms with Gasteiger partial charge in [-0.25, -0.2) is 0 Å². The molecule has 0 aromatic rings. The van der Waals surface area contributed by atoms with Gasteiger partial charge in [-0.1, -0.05) is 27.7 Å². The van der Waals surface area contributed by atoms with Gasteiger partial charge in [0.25, 0.3) is 0 Å². The smallest absolute Gasteiger partial charge is 0.0529 e. The molecule has 0 radical (unpaired) electrons. The average Bonchev–Trinajstić information content (AvgIpc) is 2.93. The molecule has 0 aromatic heterocycles. The summed E-state index contributed by atoms with van der Waals surface area (Å²) in [7, 11) is 0. The molecule has 2 nitrogen and oxygen atoms in total. The molecule has 1 aliphatic rings. The third-order valence-corrected chi connectivity index (χ3v) is 2.78. The zero-order valence-corrected chi connectivity index (χ0v) is 10.8. The number of hydrogen-bond acceptors (Lipinski definition) is 2. The Morgan fingerprint density at radius 2 is 2.00 bits per heavy atom. The quantitative estimate of drug-likeness (QED) is 0.626. The Hall–Kier alpha value is -0.0800. The van der Waals surface area contributed by atoms with Crippen LogP contribution in [0.5, 0.6) is 0 Å². The Bertz CT molecular complexity index is 173. The molecule has 0 spiro atoms. The van der Waals surface area contributed by atoms with Crippen molar-refractivity contribution >= 4 is 0 Å². The second-order valence-corrected chi connectivity index (χ2v) is 6.05. The molecule has 0 bridgehead atoms. The molecule has 1 rings (SSSR count). The molecule has 1 fully saturated rings. The van der Waals surface area contributed by atoms with Crippen molar-refractivity contribution in [1.29, 1.82) is 0 Å². The molecule has 0 atom stereocenters. The molecule has 90 valence electrons. The molecule has 0 unspecified atom stereocenters. The maximum atomic E-state index is 5.72. The Morgan fingerprint density at radius 3 is 2.53 bits per heavy atom. The first-order chi connectivity index (χ1) is 6.99. The van der Waals surface area contributed by atoms with Crippen molar-refractivity contribution in [2.45, 2.75) is 53.0 Å². The fourth-order valence-electron chi connectivity index (χ4n) is 1.43. The van der Waals surface area contributed by atoms with Gasteiger partial charge in [-0.2, -0.15) is 0 Å². The topological polar surface area (TPSA) is 21.3 Å². The molecule has 0 saturated heterocycles. The van der Waals surface area contributed by atoms with Crippen LogP contribution in [0.25, 0.3) is 0 Å². The normalized spacial score (nSPS) is 17.4. The fourth-order valence-corrected chi connectivity index (χ4v) is 1.43. The molecule has 2 heteroatoms. The van der Waals surface area contributed by atoms with E-state index in [-0.39, 0.29) is 5.41 Å². The molecule has 0 heterocycles. The van der Waals surface area contributed by atoms with Gasteiger partial charge in [0.2, 0.25) is 0 Å². The molecule has 0 aromatic carbocycles. The fraction of sp³-hybridized carbons (Fsp3) is 1.00. The number of hydrogen-bond donors (Lipinski definition) is 1. The van der Waals surface area contributed by atoms with E-state index >= 15 is 0 Å². The van der Waals surface area contributed by atoms with Gasteiger partial charge in [0.05, 0.1) is 6.61 Å². The van der Waals surface area contributed by atoms with E-state index in [0.29, 0.717) is 0 Å². The van der Waals surface area contributed by atoms with E-state index in [1.807, 2.05) is 0 Å². The van der Waals surface area contributed by atoms with Crippen molar-refractivity contribution in [2.24, 2.45) is 11.3 Å². The average molecular weight is 213 g/mol. The lowest BCUT2D eigenvalue weighted by molar-refractivity contribution is 0.0559. The minimum Gasteiger partial charge on any atom is -0.381 e. The van der Waals surface area contributed by atoms with Crippen LogP contribution in [0.4, 0.5) is 0 Å². The zero-order valence-electron chi connectivity index (χ0n) is 10.8. The number of rotatable bonds is 8. The summed E-state index contributed by atoms with van der Waals surface area (Å²) in [5.41, 5.74) is 0.277. The summed E-state index contributed by atoms with van der Waals surface area (Å²) in [5, 5.41) is 3.57. The van der Waals surface area contributed by atoms with Crippen LogP contribution < -0.4 is 5.32 Å². The van der Waals surface area contributed by atoms with Crippen molar-refractivity contribution in [3.05, 3.63) is 0 Å². The van der Waals surface area contributed by atoms with Crippen LogP contribution >= 0.6 is 0 Å². The lowest BCUT2D eigenvalue weighted by Crippen LogP contribution is -2.34. The highest BCUT2D eigenvalue weighted by atomic mass is 16.5. The predicted molar refractivity (Wildman–Crippen MR) is 65.1 cm³/mol. The first-order valence-corrected chi connectivity index (χ1v) is 6.31. The predicted octanol–water partition coefficient (Wildman–Crippen LogP) is 2.83. The minimum atomic E-state index is 0.277. The zero-order chi connectivity index (χ0) is 11.3. The SMILES string of the molecule is CC(C)CCOCC(C)(C)CNC1CC1. The first-order valence-electron chi connectivity index (χ1n) is 6.31. The van der Waals surface area contributed by atoms with Gasteiger partial charge in [0.15, 0.2) is 0 Å². The van der Waals surface area contributed by atoms with E-state index in [1.54, 1.807) is 0 Å². The molecule has 1 saturated carbocycles. The molecular formula is C13H27NO. The van der Waals surface area contributed by atoms with E-state index in [1.165, 1.54) is 19.3 Å². The summed E-state index contributed by atoms with van der Waals surface area (Å²) in [6.07, 6.45) is 3.90. The van der Waals surface area contributed by atoms with Crippen LogP contribution in [0.15, 0.2) is 0 Å². The minimum absolute atomic E-state index is 0.277. The Labute approximate surface area is 94.8 Å². The molecule has 0 amide bonds.